The van der Waals surface area contributed by atoms with Gasteiger partial charge in [0.05, 0.1) is 0 Å². The first-order chi connectivity index (χ1) is 9.34. The molecule has 0 saturated heterocycles. The SMILES string of the molecule is CC1Oc2c(ccc3ccccc23)-c2ccccc21. The quantitative estimate of drug-likeness (QED) is 0.544. The Bertz CT molecular complexity index is 773. The van der Waals surface area contributed by atoms with E-state index in [-0.39, 0.29) is 6.10 Å². The van der Waals surface area contributed by atoms with Crippen molar-refractivity contribution in [2.75, 3.05) is 0 Å². The minimum Gasteiger partial charge on any atom is -0.485 e. The zero-order valence-corrected chi connectivity index (χ0v) is 10.8. The second-order valence-corrected chi connectivity index (χ2v) is 5.01. The molecular formula is C18H14O. The standard InChI is InChI=1S/C18H14O/c1-12-14-7-4-5-9-16(14)17-11-10-13-6-2-3-8-15(13)18(17)19-12/h2-12H,1H3. The third-order valence-corrected chi connectivity index (χ3v) is 3.86. The summed E-state index contributed by atoms with van der Waals surface area (Å²) in [4.78, 5) is 0. The lowest BCUT2D eigenvalue weighted by molar-refractivity contribution is 0.226. The van der Waals surface area contributed by atoms with E-state index in [1.54, 1.807) is 0 Å². The highest BCUT2D eigenvalue weighted by Crippen LogP contribution is 2.45. The van der Waals surface area contributed by atoms with Crippen LogP contribution in [-0.4, -0.2) is 0 Å². The summed E-state index contributed by atoms with van der Waals surface area (Å²) < 4.78 is 6.17. The molecule has 0 aliphatic carbocycles. The van der Waals surface area contributed by atoms with Crippen LogP contribution in [0.25, 0.3) is 21.9 Å². The van der Waals surface area contributed by atoms with Crippen LogP contribution in [0, 0.1) is 0 Å². The Hall–Kier alpha value is -2.28. The van der Waals surface area contributed by atoms with E-state index >= 15 is 0 Å². The van der Waals surface area contributed by atoms with E-state index < -0.39 is 0 Å². The summed E-state index contributed by atoms with van der Waals surface area (Å²) in [6.07, 6.45) is 0.106. The molecule has 0 fully saturated rings. The van der Waals surface area contributed by atoms with Gasteiger partial charge in [-0.25, -0.2) is 0 Å². The fourth-order valence-electron chi connectivity index (χ4n) is 2.92. The highest BCUT2D eigenvalue weighted by Gasteiger charge is 2.23. The van der Waals surface area contributed by atoms with Gasteiger partial charge in [-0.3, -0.25) is 0 Å². The van der Waals surface area contributed by atoms with Crippen LogP contribution in [0.15, 0.2) is 60.7 Å². The molecule has 1 heteroatoms. The van der Waals surface area contributed by atoms with Crippen LogP contribution in [-0.2, 0) is 0 Å². The van der Waals surface area contributed by atoms with Crippen LogP contribution in [0.5, 0.6) is 5.75 Å². The Morgan fingerprint density at radius 1 is 0.789 bits per heavy atom. The Morgan fingerprint density at radius 3 is 2.53 bits per heavy atom. The third-order valence-electron chi connectivity index (χ3n) is 3.86. The molecule has 1 atom stereocenters. The summed E-state index contributed by atoms with van der Waals surface area (Å²) >= 11 is 0. The van der Waals surface area contributed by atoms with Crippen molar-refractivity contribution < 1.29 is 4.74 Å². The number of hydrogen-bond acceptors (Lipinski definition) is 1. The molecule has 19 heavy (non-hydrogen) atoms. The predicted octanol–water partition coefficient (Wildman–Crippen LogP) is 4.96. The maximum atomic E-state index is 6.17. The first-order valence-electron chi connectivity index (χ1n) is 6.62. The molecule has 0 radical (unpaired) electrons. The van der Waals surface area contributed by atoms with E-state index in [0.29, 0.717) is 0 Å². The van der Waals surface area contributed by atoms with E-state index in [9.17, 15) is 0 Å². The van der Waals surface area contributed by atoms with Crippen molar-refractivity contribution in [1.82, 2.24) is 0 Å². The first-order valence-corrected chi connectivity index (χ1v) is 6.62. The summed E-state index contributed by atoms with van der Waals surface area (Å²) in [7, 11) is 0. The van der Waals surface area contributed by atoms with Crippen molar-refractivity contribution in [3.8, 4) is 16.9 Å². The van der Waals surface area contributed by atoms with Crippen molar-refractivity contribution in [2.24, 2.45) is 0 Å². The topological polar surface area (TPSA) is 9.23 Å². The largest absolute Gasteiger partial charge is 0.485 e. The van der Waals surface area contributed by atoms with E-state index in [0.717, 1.165) is 5.75 Å². The Balaban J connectivity index is 2.10. The number of benzene rings is 3. The number of rotatable bonds is 0. The van der Waals surface area contributed by atoms with E-state index in [1.165, 1.54) is 27.5 Å². The molecule has 1 aliphatic rings. The summed E-state index contributed by atoms with van der Waals surface area (Å²) in [6.45, 7) is 2.11. The molecule has 92 valence electrons. The molecular weight excluding hydrogens is 232 g/mol. The lowest BCUT2D eigenvalue weighted by Crippen LogP contribution is -2.10. The maximum absolute atomic E-state index is 6.17. The summed E-state index contributed by atoms with van der Waals surface area (Å²) in [6, 6.07) is 21.2. The average molecular weight is 246 g/mol. The van der Waals surface area contributed by atoms with Gasteiger partial charge in [0.1, 0.15) is 11.9 Å². The minimum absolute atomic E-state index is 0.106. The van der Waals surface area contributed by atoms with Crippen LogP contribution in [0.2, 0.25) is 0 Å². The molecule has 1 nitrogen and oxygen atoms in total. The average Bonchev–Trinajstić information content (AvgIpc) is 2.47. The number of ether oxygens (including phenoxy) is 1. The van der Waals surface area contributed by atoms with Crippen molar-refractivity contribution in [3.05, 3.63) is 66.2 Å². The monoisotopic (exact) mass is 246 g/mol. The lowest BCUT2D eigenvalue weighted by Gasteiger charge is -2.27. The molecule has 0 bridgehead atoms. The van der Waals surface area contributed by atoms with Crippen LogP contribution in [0.4, 0.5) is 0 Å². The Morgan fingerprint density at radius 2 is 1.58 bits per heavy atom. The van der Waals surface area contributed by atoms with Crippen LogP contribution in [0.1, 0.15) is 18.6 Å². The zero-order chi connectivity index (χ0) is 12.8. The maximum Gasteiger partial charge on any atom is 0.135 e. The molecule has 1 aliphatic heterocycles. The highest BCUT2D eigenvalue weighted by molar-refractivity contribution is 5.96. The van der Waals surface area contributed by atoms with Crippen LogP contribution >= 0.6 is 0 Å². The van der Waals surface area contributed by atoms with Crippen molar-refractivity contribution in [3.63, 3.8) is 0 Å². The summed E-state index contributed by atoms with van der Waals surface area (Å²) in [5.74, 6) is 1.02. The molecule has 4 rings (SSSR count). The summed E-state index contributed by atoms with van der Waals surface area (Å²) in [5, 5.41) is 2.43. The van der Waals surface area contributed by atoms with Gasteiger partial charge in [0.25, 0.3) is 0 Å². The molecule has 0 spiro atoms. The van der Waals surface area contributed by atoms with Gasteiger partial charge in [-0.1, -0.05) is 60.7 Å². The van der Waals surface area contributed by atoms with Crippen molar-refractivity contribution in [2.45, 2.75) is 13.0 Å². The van der Waals surface area contributed by atoms with E-state index in [2.05, 4.69) is 67.6 Å². The van der Waals surface area contributed by atoms with Gasteiger partial charge in [0.15, 0.2) is 0 Å². The third kappa shape index (κ3) is 1.48. The van der Waals surface area contributed by atoms with Gasteiger partial charge in [0, 0.05) is 16.5 Å². The highest BCUT2D eigenvalue weighted by atomic mass is 16.5. The lowest BCUT2D eigenvalue weighted by atomic mass is 9.91. The first kappa shape index (κ1) is 10.6. The van der Waals surface area contributed by atoms with E-state index in [4.69, 9.17) is 4.74 Å². The van der Waals surface area contributed by atoms with Gasteiger partial charge in [-0.05, 0) is 17.9 Å². The van der Waals surface area contributed by atoms with Gasteiger partial charge in [-0.2, -0.15) is 0 Å². The fraction of sp³-hybridized carbons (Fsp3) is 0.111. The van der Waals surface area contributed by atoms with E-state index in [1.807, 2.05) is 0 Å². The van der Waals surface area contributed by atoms with Gasteiger partial charge in [0.2, 0.25) is 0 Å². The molecule has 3 aromatic rings. The minimum atomic E-state index is 0.106. The molecule has 0 saturated carbocycles. The smallest absolute Gasteiger partial charge is 0.135 e. The Labute approximate surface area is 112 Å². The zero-order valence-electron chi connectivity index (χ0n) is 10.8. The fourth-order valence-corrected chi connectivity index (χ4v) is 2.92. The second-order valence-electron chi connectivity index (χ2n) is 5.01. The number of fused-ring (bicyclic) bond motifs is 5. The van der Waals surface area contributed by atoms with Crippen LogP contribution < -0.4 is 4.74 Å². The van der Waals surface area contributed by atoms with Crippen LogP contribution in [0.3, 0.4) is 0 Å². The molecule has 3 aromatic carbocycles. The van der Waals surface area contributed by atoms with Gasteiger partial charge >= 0.3 is 0 Å². The summed E-state index contributed by atoms with van der Waals surface area (Å²) in [5.41, 5.74) is 3.76. The molecule has 1 unspecified atom stereocenters. The molecule has 1 heterocycles. The molecule has 0 amide bonds. The predicted molar refractivity (Wildman–Crippen MR) is 78.4 cm³/mol. The van der Waals surface area contributed by atoms with Gasteiger partial charge < -0.3 is 4.74 Å². The number of hydrogen-bond donors (Lipinski definition) is 0. The molecule has 0 N–H and O–H groups in total. The van der Waals surface area contributed by atoms with Crippen molar-refractivity contribution in [1.29, 1.82) is 0 Å². The Kier molecular flexibility index (Phi) is 2.16. The normalized spacial score (nSPS) is 16.6. The van der Waals surface area contributed by atoms with Gasteiger partial charge in [-0.15, -0.1) is 0 Å². The molecule has 0 aromatic heterocycles. The second kappa shape index (κ2) is 3.86. The van der Waals surface area contributed by atoms with Crippen molar-refractivity contribution >= 4 is 10.8 Å².